The Labute approximate surface area is 135 Å². The van der Waals surface area contributed by atoms with Gasteiger partial charge in [0.25, 0.3) is 10.0 Å². The fourth-order valence-corrected chi connectivity index (χ4v) is 4.18. The third-order valence-corrected chi connectivity index (χ3v) is 6.04. The van der Waals surface area contributed by atoms with E-state index in [0.717, 1.165) is 21.4 Å². The summed E-state index contributed by atoms with van der Waals surface area (Å²) in [7, 11) is -3.63. The molecule has 0 bridgehead atoms. The highest BCUT2D eigenvalue weighted by molar-refractivity contribution is 9.10. The Morgan fingerprint density at radius 1 is 1.33 bits per heavy atom. The molecule has 1 amide bonds. The third kappa shape index (κ3) is 4.37. The third-order valence-electron chi connectivity index (χ3n) is 2.58. The van der Waals surface area contributed by atoms with Gasteiger partial charge in [0.2, 0.25) is 5.91 Å². The van der Waals surface area contributed by atoms with Crippen LogP contribution in [0, 0.1) is 6.92 Å². The van der Waals surface area contributed by atoms with Gasteiger partial charge in [-0.3, -0.25) is 4.79 Å². The molecule has 0 saturated heterocycles. The molecule has 0 spiro atoms. The van der Waals surface area contributed by atoms with E-state index in [9.17, 15) is 13.2 Å². The van der Waals surface area contributed by atoms with Gasteiger partial charge in [-0.1, -0.05) is 12.1 Å². The first-order chi connectivity index (χ1) is 9.88. The molecule has 1 heterocycles. The van der Waals surface area contributed by atoms with E-state index in [0.29, 0.717) is 5.69 Å². The van der Waals surface area contributed by atoms with Crippen LogP contribution in [0.4, 0.5) is 5.69 Å². The number of rotatable bonds is 5. The number of sulfonamides is 1. The van der Waals surface area contributed by atoms with Gasteiger partial charge in [-0.25, -0.2) is 13.1 Å². The lowest BCUT2D eigenvalue weighted by molar-refractivity contribution is -0.115. The molecular weight excluding hydrogens is 376 g/mol. The smallest absolute Gasteiger partial charge is 0.250 e. The number of thiophene rings is 1. The van der Waals surface area contributed by atoms with Crippen molar-refractivity contribution < 1.29 is 13.2 Å². The van der Waals surface area contributed by atoms with Gasteiger partial charge in [-0.05, 0) is 52.0 Å². The first-order valence-corrected chi connectivity index (χ1v) is 9.13. The van der Waals surface area contributed by atoms with Crippen molar-refractivity contribution in [3.63, 3.8) is 0 Å². The molecular formula is C13H13BrN2O3S2. The molecule has 2 rings (SSSR count). The molecule has 1 aromatic heterocycles. The fourth-order valence-electron chi connectivity index (χ4n) is 1.56. The van der Waals surface area contributed by atoms with E-state index in [4.69, 9.17) is 0 Å². The zero-order chi connectivity index (χ0) is 15.5. The van der Waals surface area contributed by atoms with Crippen LogP contribution in [0.1, 0.15) is 5.56 Å². The summed E-state index contributed by atoms with van der Waals surface area (Å²) in [5.41, 5.74) is 1.65. The molecule has 0 radical (unpaired) electrons. The predicted molar refractivity (Wildman–Crippen MR) is 87.0 cm³/mol. The van der Waals surface area contributed by atoms with Crippen molar-refractivity contribution in [1.29, 1.82) is 0 Å². The number of benzene rings is 1. The molecule has 112 valence electrons. The Kier molecular flexibility index (Phi) is 5.15. The van der Waals surface area contributed by atoms with Crippen molar-refractivity contribution in [1.82, 2.24) is 4.72 Å². The maximum Gasteiger partial charge on any atom is 0.250 e. The average Bonchev–Trinajstić information content (AvgIpc) is 2.95. The number of nitrogens with one attached hydrogen (secondary N) is 2. The summed E-state index contributed by atoms with van der Waals surface area (Å²) in [5.74, 6) is -0.431. The van der Waals surface area contributed by atoms with E-state index in [-0.39, 0.29) is 10.8 Å². The van der Waals surface area contributed by atoms with Crippen LogP contribution in [-0.2, 0) is 14.8 Å². The zero-order valence-corrected chi connectivity index (χ0v) is 14.3. The van der Waals surface area contributed by atoms with Gasteiger partial charge < -0.3 is 5.32 Å². The zero-order valence-electron chi connectivity index (χ0n) is 11.1. The summed E-state index contributed by atoms with van der Waals surface area (Å²) in [6.45, 7) is 1.62. The highest BCUT2D eigenvalue weighted by atomic mass is 79.9. The lowest BCUT2D eigenvalue weighted by atomic mass is 10.2. The number of aryl methyl sites for hydroxylation is 1. The van der Waals surface area contributed by atoms with Gasteiger partial charge in [0.1, 0.15) is 4.21 Å². The first kappa shape index (κ1) is 16.2. The summed E-state index contributed by atoms with van der Waals surface area (Å²) in [5, 5.41) is 4.31. The summed E-state index contributed by atoms with van der Waals surface area (Å²) < 4.78 is 26.9. The van der Waals surface area contributed by atoms with Crippen LogP contribution >= 0.6 is 27.3 Å². The number of hydrogen-bond acceptors (Lipinski definition) is 4. The molecule has 0 aliphatic heterocycles. The minimum absolute atomic E-state index is 0.187. The molecule has 2 N–H and O–H groups in total. The Balaban J connectivity index is 1.97. The van der Waals surface area contributed by atoms with Crippen molar-refractivity contribution in [3.05, 3.63) is 45.7 Å². The minimum Gasteiger partial charge on any atom is -0.324 e. The van der Waals surface area contributed by atoms with Crippen LogP contribution in [0.25, 0.3) is 0 Å². The second-order valence-corrected chi connectivity index (χ2v) is 8.08. The molecule has 1 aromatic carbocycles. The second kappa shape index (κ2) is 6.69. The molecule has 0 unspecified atom stereocenters. The summed E-state index contributed by atoms with van der Waals surface area (Å²) in [6.07, 6.45) is 0. The molecule has 0 fully saturated rings. The number of amides is 1. The predicted octanol–water partition coefficient (Wildman–Crippen LogP) is 2.74. The minimum atomic E-state index is -3.63. The number of hydrogen-bond donors (Lipinski definition) is 2. The number of carbonyl (C=O) groups excluding carboxylic acids is 1. The Hall–Kier alpha value is -1.22. The Morgan fingerprint density at radius 2 is 2.10 bits per heavy atom. The molecule has 0 aliphatic rings. The highest BCUT2D eigenvalue weighted by Crippen LogP contribution is 2.23. The van der Waals surface area contributed by atoms with Crippen LogP contribution in [0.2, 0.25) is 0 Å². The molecule has 0 saturated carbocycles. The van der Waals surface area contributed by atoms with E-state index in [2.05, 4.69) is 26.0 Å². The van der Waals surface area contributed by atoms with E-state index < -0.39 is 15.9 Å². The summed E-state index contributed by atoms with van der Waals surface area (Å²) in [6, 6.07) is 8.61. The van der Waals surface area contributed by atoms with Gasteiger partial charge in [-0.15, -0.1) is 11.3 Å². The van der Waals surface area contributed by atoms with Gasteiger partial charge in [0, 0.05) is 4.47 Å². The van der Waals surface area contributed by atoms with Crippen molar-refractivity contribution in [2.24, 2.45) is 0 Å². The molecule has 2 aromatic rings. The topological polar surface area (TPSA) is 75.3 Å². The quantitative estimate of drug-likeness (QED) is 0.826. The van der Waals surface area contributed by atoms with Gasteiger partial charge in [0.05, 0.1) is 12.2 Å². The first-order valence-electron chi connectivity index (χ1n) is 5.97. The maximum atomic E-state index is 11.9. The van der Waals surface area contributed by atoms with E-state index >= 15 is 0 Å². The fraction of sp³-hybridized carbons (Fsp3) is 0.154. The number of anilines is 1. The van der Waals surface area contributed by atoms with Crippen LogP contribution in [0.3, 0.4) is 0 Å². The normalized spacial score (nSPS) is 11.3. The molecule has 0 atom stereocenters. The lowest BCUT2D eigenvalue weighted by Crippen LogP contribution is -2.32. The van der Waals surface area contributed by atoms with Crippen LogP contribution in [0.15, 0.2) is 44.4 Å². The lowest BCUT2D eigenvalue weighted by Gasteiger charge is -2.09. The Bertz CT molecular complexity index is 743. The molecule has 5 nitrogen and oxygen atoms in total. The van der Waals surface area contributed by atoms with Crippen molar-refractivity contribution in [3.8, 4) is 0 Å². The largest absolute Gasteiger partial charge is 0.324 e. The van der Waals surface area contributed by atoms with Crippen LogP contribution in [-0.4, -0.2) is 20.9 Å². The van der Waals surface area contributed by atoms with E-state index in [1.165, 1.54) is 6.07 Å². The molecule has 21 heavy (non-hydrogen) atoms. The Morgan fingerprint density at radius 3 is 2.71 bits per heavy atom. The molecule has 8 heteroatoms. The number of carbonyl (C=O) groups is 1. The number of halogens is 1. The monoisotopic (exact) mass is 388 g/mol. The summed E-state index contributed by atoms with van der Waals surface area (Å²) in [4.78, 5) is 11.8. The van der Waals surface area contributed by atoms with Gasteiger partial charge in [0.15, 0.2) is 0 Å². The van der Waals surface area contributed by atoms with Crippen molar-refractivity contribution in [2.45, 2.75) is 11.1 Å². The van der Waals surface area contributed by atoms with Crippen LogP contribution in [0.5, 0.6) is 0 Å². The standard InChI is InChI=1S/C13H13BrN2O3S2/c1-9-4-5-11(10(14)7-9)16-12(17)8-15-21(18,19)13-3-2-6-20-13/h2-7,15H,8H2,1H3,(H,16,17). The SMILES string of the molecule is Cc1ccc(NC(=O)CNS(=O)(=O)c2cccs2)c(Br)c1. The highest BCUT2D eigenvalue weighted by Gasteiger charge is 2.16. The second-order valence-electron chi connectivity index (χ2n) is 4.29. The van der Waals surface area contributed by atoms with E-state index in [1.54, 1.807) is 17.5 Å². The van der Waals surface area contributed by atoms with E-state index in [1.807, 2.05) is 19.1 Å². The summed E-state index contributed by atoms with van der Waals surface area (Å²) >= 11 is 4.45. The average molecular weight is 389 g/mol. The van der Waals surface area contributed by atoms with Crippen LogP contribution < -0.4 is 10.0 Å². The maximum absolute atomic E-state index is 11.9. The van der Waals surface area contributed by atoms with Crippen molar-refractivity contribution >= 4 is 48.9 Å². The van der Waals surface area contributed by atoms with Gasteiger partial charge >= 0.3 is 0 Å². The van der Waals surface area contributed by atoms with Gasteiger partial charge in [-0.2, -0.15) is 0 Å². The van der Waals surface area contributed by atoms with Crippen molar-refractivity contribution in [2.75, 3.05) is 11.9 Å². The molecule has 0 aliphatic carbocycles.